The first kappa shape index (κ1) is 13.7. The molecule has 1 spiro atoms. The van der Waals surface area contributed by atoms with Crippen LogP contribution in [0.25, 0.3) is 0 Å². The summed E-state index contributed by atoms with van der Waals surface area (Å²) < 4.78 is 6.16. The largest absolute Gasteiger partial charge is 0.487 e. The second-order valence-electron chi connectivity index (χ2n) is 5.66. The Bertz CT molecular complexity index is 538. The normalized spacial score (nSPS) is 24.1. The van der Waals surface area contributed by atoms with Crippen LogP contribution in [0.15, 0.2) is 18.2 Å². The molecule has 2 aliphatic rings. The number of likely N-dealkylation sites (tertiary alicyclic amines) is 1. The van der Waals surface area contributed by atoms with Gasteiger partial charge < -0.3 is 14.7 Å². The van der Waals surface area contributed by atoms with Crippen molar-refractivity contribution in [2.45, 2.75) is 37.9 Å². The third kappa shape index (κ3) is 2.27. The maximum atomic E-state index is 11.4. The second kappa shape index (κ2) is 4.93. The first-order valence-corrected chi connectivity index (χ1v) is 7.30. The van der Waals surface area contributed by atoms with Crippen LogP contribution in [0.2, 0.25) is 5.02 Å². The van der Waals surface area contributed by atoms with E-state index in [0.717, 1.165) is 12.8 Å². The lowest BCUT2D eigenvalue weighted by Gasteiger charge is -2.45. The molecule has 1 aromatic carbocycles. The SMILES string of the molecule is CC(=O)N1CCC2(CC1)CC(O)c1c(Cl)cccc1O2. The number of ether oxygens (including phenoxy) is 1. The summed E-state index contributed by atoms with van der Waals surface area (Å²) in [7, 11) is 0. The van der Waals surface area contributed by atoms with Gasteiger partial charge in [-0.25, -0.2) is 0 Å². The maximum Gasteiger partial charge on any atom is 0.219 e. The van der Waals surface area contributed by atoms with E-state index in [1.165, 1.54) is 0 Å². The monoisotopic (exact) mass is 295 g/mol. The molecule has 4 nitrogen and oxygen atoms in total. The molecule has 1 aromatic rings. The van der Waals surface area contributed by atoms with Crippen molar-refractivity contribution < 1.29 is 14.6 Å². The van der Waals surface area contributed by atoms with Crippen LogP contribution in [0, 0.1) is 0 Å². The molecule has 1 atom stereocenters. The van der Waals surface area contributed by atoms with E-state index >= 15 is 0 Å². The highest BCUT2D eigenvalue weighted by Gasteiger charge is 2.43. The summed E-state index contributed by atoms with van der Waals surface area (Å²) in [6.07, 6.45) is 1.43. The van der Waals surface area contributed by atoms with Gasteiger partial charge >= 0.3 is 0 Å². The Morgan fingerprint density at radius 1 is 1.45 bits per heavy atom. The molecule has 1 unspecified atom stereocenters. The van der Waals surface area contributed by atoms with E-state index in [2.05, 4.69) is 0 Å². The molecule has 1 saturated heterocycles. The number of carbonyl (C=O) groups is 1. The van der Waals surface area contributed by atoms with E-state index in [4.69, 9.17) is 16.3 Å². The Labute approximate surface area is 123 Å². The quantitative estimate of drug-likeness (QED) is 0.800. The third-order valence-electron chi connectivity index (χ3n) is 4.36. The molecule has 2 aliphatic heterocycles. The fourth-order valence-electron chi connectivity index (χ4n) is 3.19. The van der Waals surface area contributed by atoms with Crippen molar-refractivity contribution in [1.29, 1.82) is 0 Å². The Hall–Kier alpha value is -1.26. The molecular formula is C15H18ClNO3. The Kier molecular flexibility index (Phi) is 3.38. The molecule has 2 heterocycles. The standard InChI is InChI=1S/C15H18ClNO3/c1-10(18)17-7-5-15(6-8-17)9-12(19)14-11(16)3-2-4-13(14)20-15/h2-4,12,19H,5-9H2,1H3. The number of hydrogen-bond acceptors (Lipinski definition) is 3. The zero-order valence-electron chi connectivity index (χ0n) is 11.4. The lowest BCUT2D eigenvalue weighted by Crippen LogP contribution is -2.51. The highest BCUT2D eigenvalue weighted by molar-refractivity contribution is 6.31. The van der Waals surface area contributed by atoms with Gasteiger partial charge in [0.2, 0.25) is 5.91 Å². The molecule has 0 bridgehead atoms. The van der Waals surface area contributed by atoms with Crippen LogP contribution >= 0.6 is 11.6 Å². The second-order valence-corrected chi connectivity index (χ2v) is 6.07. The van der Waals surface area contributed by atoms with E-state index in [1.54, 1.807) is 13.0 Å². The van der Waals surface area contributed by atoms with Crippen molar-refractivity contribution in [2.24, 2.45) is 0 Å². The van der Waals surface area contributed by atoms with Gasteiger partial charge in [0.25, 0.3) is 0 Å². The van der Waals surface area contributed by atoms with Crippen molar-refractivity contribution in [2.75, 3.05) is 13.1 Å². The lowest BCUT2D eigenvalue weighted by atomic mass is 9.81. The molecule has 20 heavy (non-hydrogen) atoms. The number of hydrogen-bond donors (Lipinski definition) is 1. The number of rotatable bonds is 0. The topological polar surface area (TPSA) is 49.8 Å². The van der Waals surface area contributed by atoms with Gasteiger partial charge in [0.05, 0.1) is 11.1 Å². The van der Waals surface area contributed by atoms with Gasteiger partial charge in [-0.2, -0.15) is 0 Å². The first-order chi connectivity index (χ1) is 9.51. The molecule has 0 aliphatic carbocycles. The number of halogens is 1. The smallest absolute Gasteiger partial charge is 0.219 e. The summed E-state index contributed by atoms with van der Waals surface area (Å²) in [6, 6.07) is 5.45. The summed E-state index contributed by atoms with van der Waals surface area (Å²) >= 11 is 6.14. The Balaban J connectivity index is 1.84. The van der Waals surface area contributed by atoms with Crippen molar-refractivity contribution in [1.82, 2.24) is 4.90 Å². The molecule has 0 radical (unpaired) electrons. The first-order valence-electron chi connectivity index (χ1n) is 6.92. The molecule has 1 amide bonds. The van der Waals surface area contributed by atoms with Crippen molar-refractivity contribution in [3.8, 4) is 5.75 Å². The average molecular weight is 296 g/mol. The molecule has 5 heteroatoms. The number of nitrogens with zero attached hydrogens (tertiary/aromatic N) is 1. The molecule has 1 fully saturated rings. The maximum absolute atomic E-state index is 11.4. The van der Waals surface area contributed by atoms with E-state index in [1.807, 2.05) is 17.0 Å². The zero-order chi connectivity index (χ0) is 14.3. The van der Waals surface area contributed by atoms with Crippen LogP contribution in [0.1, 0.15) is 37.9 Å². The van der Waals surface area contributed by atoms with E-state index in [9.17, 15) is 9.90 Å². The Morgan fingerprint density at radius 3 is 2.80 bits per heavy atom. The van der Waals surface area contributed by atoms with Gasteiger partial charge in [0.15, 0.2) is 0 Å². The van der Waals surface area contributed by atoms with Crippen LogP contribution in [0.3, 0.4) is 0 Å². The number of benzene rings is 1. The minimum atomic E-state index is -0.601. The highest BCUT2D eigenvalue weighted by Crippen LogP contribution is 2.46. The van der Waals surface area contributed by atoms with Crippen LogP contribution < -0.4 is 4.74 Å². The highest BCUT2D eigenvalue weighted by atomic mass is 35.5. The molecular weight excluding hydrogens is 278 g/mol. The van der Waals surface area contributed by atoms with Gasteiger partial charge in [0, 0.05) is 44.8 Å². The zero-order valence-corrected chi connectivity index (χ0v) is 12.2. The third-order valence-corrected chi connectivity index (χ3v) is 4.69. The molecule has 3 rings (SSSR count). The van der Waals surface area contributed by atoms with Crippen molar-refractivity contribution >= 4 is 17.5 Å². The molecule has 1 N–H and O–H groups in total. The lowest BCUT2D eigenvalue weighted by molar-refractivity contribution is -0.133. The average Bonchev–Trinajstić information content (AvgIpc) is 2.38. The van der Waals surface area contributed by atoms with Crippen LogP contribution in [0.5, 0.6) is 5.75 Å². The summed E-state index contributed by atoms with van der Waals surface area (Å²) in [5, 5.41) is 10.9. The van der Waals surface area contributed by atoms with Gasteiger partial charge in [-0.1, -0.05) is 17.7 Å². The number of aliphatic hydroxyl groups is 1. The van der Waals surface area contributed by atoms with E-state index in [0.29, 0.717) is 35.8 Å². The predicted molar refractivity (Wildman–Crippen MR) is 75.9 cm³/mol. The summed E-state index contributed by atoms with van der Waals surface area (Å²) in [5.74, 6) is 0.771. The van der Waals surface area contributed by atoms with Crippen molar-refractivity contribution in [3.05, 3.63) is 28.8 Å². The minimum absolute atomic E-state index is 0.0969. The van der Waals surface area contributed by atoms with E-state index in [-0.39, 0.29) is 11.5 Å². The number of carbonyl (C=O) groups excluding carboxylic acids is 1. The summed E-state index contributed by atoms with van der Waals surface area (Å²) in [5.41, 5.74) is 0.317. The van der Waals surface area contributed by atoms with Crippen LogP contribution in [-0.2, 0) is 4.79 Å². The number of aliphatic hydroxyl groups excluding tert-OH is 1. The number of fused-ring (bicyclic) bond motifs is 1. The Morgan fingerprint density at radius 2 is 2.15 bits per heavy atom. The van der Waals surface area contributed by atoms with Gasteiger partial charge in [-0.15, -0.1) is 0 Å². The van der Waals surface area contributed by atoms with Crippen LogP contribution in [-0.4, -0.2) is 34.6 Å². The van der Waals surface area contributed by atoms with Gasteiger partial charge in [0.1, 0.15) is 11.4 Å². The predicted octanol–water partition coefficient (Wildman–Crippen LogP) is 2.54. The van der Waals surface area contributed by atoms with Crippen LogP contribution in [0.4, 0.5) is 0 Å². The fraction of sp³-hybridized carbons (Fsp3) is 0.533. The van der Waals surface area contributed by atoms with Gasteiger partial charge in [-0.3, -0.25) is 4.79 Å². The van der Waals surface area contributed by atoms with Crippen molar-refractivity contribution in [3.63, 3.8) is 0 Å². The number of amides is 1. The number of piperidine rings is 1. The summed E-state index contributed by atoms with van der Waals surface area (Å²) in [4.78, 5) is 13.2. The van der Waals surface area contributed by atoms with E-state index < -0.39 is 6.10 Å². The molecule has 0 aromatic heterocycles. The van der Waals surface area contributed by atoms with Gasteiger partial charge in [-0.05, 0) is 12.1 Å². The minimum Gasteiger partial charge on any atom is -0.487 e. The molecule has 108 valence electrons. The summed E-state index contributed by atoms with van der Waals surface area (Å²) in [6.45, 7) is 2.94. The molecule has 0 saturated carbocycles. The fourth-order valence-corrected chi connectivity index (χ4v) is 3.49.